The zero-order valence-corrected chi connectivity index (χ0v) is 9.01. The van der Waals surface area contributed by atoms with E-state index < -0.39 is 0 Å². The quantitative estimate of drug-likeness (QED) is 0.440. The molecule has 0 aliphatic rings. The van der Waals surface area contributed by atoms with E-state index in [9.17, 15) is 0 Å². The van der Waals surface area contributed by atoms with Crippen molar-refractivity contribution in [1.82, 2.24) is 5.32 Å². The third-order valence-electron chi connectivity index (χ3n) is 1.84. The van der Waals surface area contributed by atoms with Crippen molar-refractivity contribution < 1.29 is 4.74 Å². The van der Waals surface area contributed by atoms with Crippen molar-refractivity contribution in [3.05, 3.63) is 12.2 Å². The van der Waals surface area contributed by atoms with Gasteiger partial charge < -0.3 is 10.1 Å². The largest absolute Gasteiger partial charge is 0.377 e. The molecule has 1 N–H and O–H groups in total. The van der Waals surface area contributed by atoms with E-state index in [2.05, 4.69) is 12.2 Å². The molecule has 0 amide bonds. The maximum atomic E-state index is 5.37. The molecule has 2 heteroatoms. The van der Waals surface area contributed by atoms with Crippen LogP contribution in [0.4, 0.5) is 0 Å². The van der Waals surface area contributed by atoms with Crippen LogP contribution in [-0.2, 0) is 4.74 Å². The molecular weight excluding hydrogens is 162 g/mol. The van der Waals surface area contributed by atoms with Gasteiger partial charge in [0, 0.05) is 6.61 Å². The second kappa shape index (κ2) is 11.7. The number of nitrogens with one attached hydrogen (secondary N) is 1. The van der Waals surface area contributed by atoms with Gasteiger partial charge in [-0.2, -0.15) is 0 Å². The summed E-state index contributed by atoms with van der Waals surface area (Å²) in [6.45, 7) is 8.04. The van der Waals surface area contributed by atoms with Gasteiger partial charge in [0.05, 0.1) is 6.61 Å². The summed E-state index contributed by atoms with van der Waals surface area (Å²) in [5.74, 6) is 0. The third kappa shape index (κ3) is 11.7. The van der Waals surface area contributed by atoms with E-state index in [0.29, 0.717) is 0 Å². The Hall–Kier alpha value is -0.340. The van der Waals surface area contributed by atoms with Crippen molar-refractivity contribution in [3.63, 3.8) is 0 Å². The topological polar surface area (TPSA) is 21.3 Å². The number of hydrogen-bond acceptors (Lipinski definition) is 2. The molecule has 78 valence electrons. The highest BCUT2D eigenvalue weighted by atomic mass is 16.5. The molecule has 2 nitrogen and oxygen atoms in total. The molecule has 0 aromatic rings. The fourth-order valence-electron chi connectivity index (χ4n) is 1.06. The molecule has 0 rings (SSSR count). The first-order valence-electron chi connectivity index (χ1n) is 5.31. The van der Waals surface area contributed by atoms with Gasteiger partial charge in [0.1, 0.15) is 0 Å². The van der Waals surface area contributed by atoms with Crippen LogP contribution in [0.1, 0.15) is 33.1 Å². The molecule has 0 saturated carbocycles. The molecule has 13 heavy (non-hydrogen) atoms. The summed E-state index contributed by atoms with van der Waals surface area (Å²) in [6, 6.07) is 0. The van der Waals surface area contributed by atoms with Crippen molar-refractivity contribution in [3.8, 4) is 0 Å². The lowest BCUT2D eigenvalue weighted by Crippen LogP contribution is -2.13. The Kier molecular flexibility index (Phi) is 11.4. The first kappa shape index (κ1) is 12.7. The summed E-state index contributed by atoms with van der Waals surface area (Å²) < 4.78 is 5.37. The molecule has 0 bridgehead atoms. The van der Waals surface area contributed by atoms with E-state index >= 15 is 0 Å². The van der Waals surface area contributed by atoms with Gasteiger partial charge in [-0.3, -0.25) is 0 Å². The van der Waals surface area contributed by atoms with E-state index in [4.69, 9.17) is 4.74 Å². The average Bonchev–Trinajstić information content (AvgIpc) is 2.16. The van der Waals surface area contributed by atoms with Gasteiger partial charge in [-0.25, -0.2) is 0 Å². The highest BCUT2D eigenvalue weighted by Gasteiger charge is 1.88. The Morgan fingerprint density at radius 2 is 2.08 bits per heavy atom. The number of allylic oxidation sites excluding steroid dienone is 1. The maximum absolute atomic E-state index is 5.37. The Labute approximate surface area is 82.4 Å². The highest BCUT2D eigenvalue weighted by molar-refractivity contribution is 4.75. The number of rotatable bonds is 9. The molecule has 0 aliphatic heterocycles. The summed E-state index contributed by atoms with van der Waals surface area (Å²) in [7, 11) is 0. The van der Waals surface area contributed by atoms with Crippen LogP contribution in [-0.4, -0.2) is 26.3 Å². The second-order valence-corrected chi connectivity index (χ2v) is 3.06. The van der Waals surface area contributed by atoms with Crippen LogP contribution in [0.2, 0.25) is 0 Å². The van der Waals surface area contributed by atoms with E-state index in [-0.39, 0.29) is 0 Å². The maximum Gasteiger partial charge on any atom is 0.0647 e. The van der Waals surface area contributed by atoms with Crippen LogP contribution in [0.15, 0.2) is 12.2 Å². The smallest absolute Gasteiger partial charge is 0.0647 e. The minimum atomic E-state index is 0.768. The molecule has 0 saturated heterocycles. The average molecular weight is 185 g/mol. The van der Waals surface area contributed by atoms with Gasteiger partial charge >= 0.3 is 0 Å². The lowest BCUT2D eigenvalue weighted by atomic mass is 10.2. The van der Waals surface area contributed by atoms with Gasteiger partial charge in [0.25, 0.3) is 0 Å². The Balaban J connectivity index is 2.83. The predicted molar refractivity (Wildman–Crippen MR) is 58.0 cm³/mol. The molecule has 0 aliphatic carbocycles. The fraction of sp³-hybridized carbons (Fsp3) is 0.818. The van der Waals surface area contributed by atoms with Gasteiger partial charge in [-0.1, -0.05) is 19.1 Å². The van der Waals surface area contributed by atoms with Crippen LogP contribution < -0.4 is 5.32 Å². The minimum Gasteiger partial charge on any atom is -0.377 e. The van der Waals surface area contributed by atoms with Crippen LogP contribution in [0.5, 0.6) is 0 Å². The first-order chi connectivity index (χ1) is 6.41. The zero-order valence-electron chi connectivity index (χ0n) is 9.01. The summed E-state index contributed by atoms with van der Waals surface area (Å²) in [4.78, 5) is 0. The van der Waals surface area contributed by atoms with Crippen molar-refractivity contribution in [2.45, 2.75) is 33.1 Å². The lowest BCUT2D eigenvalue weighted by Gasteiger charge is -2.02. The molecule has 0 aromatic carbocycles. The van der Waals surface area contributed by atoms with Crippen molar-refractivity contribution >= 4 is 0 Å². The lowest BCUT2D eigenvalue weighted by molar-refractivity contribution is 0.157. The summed E-state index contributed by atoms with van der Waals surface area (Å²) >= 11 is 0. The Morgan fingerprint density at radius 1 is 1.23 bits per heavy atom. The number of ether oxygens (including phenoxy) is 1. The third-order valence-corrected chi connectivity index (χ3v) is 1.84. The van der Waals surface area contributed by atoms with E-state index in [1.165, 1.54) is 19.3 Å². The van der Waals surface area contributed by atoms with E-state index in [1.807, 2.05) is 19.1 Å². The van der Waals surface area contributed by atoms with Gasteiger partial charge in [-0.05, 0) is 39.3 Å². The minimum absolute atomic E-state index is 0.768. The van der Waals surface area contributed by atoms with E-state index in [1.54, 1.807) is 0 Å². The van der Waals surface area contributed by atoms with Gasteiger partial charge in [0.2, 0.25) is 0 Å². The Morgan fingerprint density at radius 3 is 2.77 bits per heavy atom. The molecule has 0 spiro atoms. The predicted octanol–water partition coefficient (Wildman–Crippen LogP) is 2.36. The normalized spacial score (nSPS) is 11.2. The molecule has 0 aromatic heterocycles. The van der Waals surface area contributed by atoms with Crippen LogP contribution in [0, 0.1) is 0 Å². The molecule has 0 fully saturated rings. The van der Waals surface area contributed by atoms with Crippen molar-refractivity contribution in [2.75, 3.05) is 26.3 Å². The zero-order chi connectivity index (χ0) is 9.78. The van der Waals surface area contributed by atoms with E-state index in [0.717, 1.165) is 26.3 Å². The molecule has 0 radical (unpaired) electrons. The number of unbranched alkanes of at least 4 members (excludes halogenated alkanes) is 2. The first-order valence-corrected chi connectivity index (χ1v) is 5.31. The second-order valence-electron chi connectivity index (χ2n) is 3.06. The number of hydrogen-bond donors (Lipinski definition) is 1. The van der Waals surface area contributed by atoms with Crippen LogP contribution >= 0.6 is 0 Å². The molecule has 0 unspecified atom stereocenters. The van der Waals surface area contributed by atoms with Gasteiger partial charge in [0.15, 0.2) is 0 Å². The molecular formula is C11H23NO. The summed E-state index contributed by atoms with van der Waals surface area (Å²) in [6.07, 6.45) is 7.77. The summed E-state index contributed by atoms with van der Waals surface area (Å²) in [5.41, 5.74) is 0. The van der Waals surface area contributed by atoms with Crippen molar-refractivity contribution in [1.29, 1.82) is 0 Å². The fourth-order valence-corrected chi connectivity index (χ4v) is 1.06. The van der Waals surface area contributed by atoms with Crippen LogP contribution in [0.3, 0.4) is 0 Å². The van der Waals surface area contributed by atoms with Gasteiger partial charge in [-0.15, -0.1) is 0 Å². The monoisotopic (exact) mass is 185 g/mol. The molecule has 0 heterocycles. The Bertz CT molecular complexity index is 113. The standard InChI is InChI=1S/C11H23NO/c1-3-5-10-13-11-8-6-7-9-12-4-2/h3,5,12H,4,6-11H2,1-2H3. The van der Waals surface area contributed by atoms with Crippen molar-refractivity contribution in [2.24, 2.45) is 0 Å². The molecule has 0 atom stereocenters. The highest BCUT2D eigenvalue weighted by Crippen LogP contribution is 1.94. The van der Waals surface area contributed by atoms with Crippen LogP contribution in [0.25, 0.3) is 0 Å². The SMILES string of the molecule is CC=CCOCCCCCNCC. The summed E-state index contributed by atoms with van der Waals surface area (Å²) in [5, 5.41) is 3.31.